The molecule has 0 spiro atoms. The van der Waals surface area contributed by atoms with Gasteiger partial charge in [0.15, 0.2) is 0 Å². The molecule has 0 radical (unpaired) electrons. The molecule has 8 nitrogen and oxygen atoms in total. The van der Waals surface area contributed by atoms with Gasteiger partial charge in [0.05, 0.1) is 35.0 Å². The lowest BCUT2D eigenvalue weighted by Crippen LogP contribution is -2.08. The van der Waals surface area contributed by atoms with Gasteiger partial charge in [-0.05, 0) is 79.7 Å². The topological polar surface area (TPSA) is 111 Å². The van der Waals surface area contributed by atoms with Crippen LogP contribution in [0.5, 0.6) is 11.6 Å². The van der Waals surface area contributed by atoms with E-state index in [0.717, 1.165) is 18.4 Å². The van der Waals surface area contributed by atoms with Crippen LogP contribution in [0, 0.1) is 18.6 Å². The summed E-state index contributed by atoms with van der Waals surface area (Å²) in [7, 11) is 0. The Morgan fingerprint density at radius 2 is 1.95 bits per heavy atom. The van der Waals surface area contributed by atoms with Crippen LogP contribution in [0.15, 0.2) is 60.9 Å². The van der Waals surface area contributed by atoms with Gasteiger partial charge in [-0.1, -0.05) is 0 Å². The highest BCUT2D eigenvalue weighted by Gasteiger charge is 2.24. The fourth-order valence-electron chi connectivity index (χ4n) is 3.98. The van der Waals surface area contributed by atoms with Crippen molar-refractivity contribution in [2.45, 2.75) is 25.0 Å². The van der Waals surface area contributed by atoms with E-state index in [1.165, 1.54) is 59.4 Å². The third-order valence-corrected chi connectivity index (χ3v) is 7.33. The molecule has 4 N–H and O–H groups in total. The van der Waals surface area contributed by atoms with Crippen molar-refractivity contribution in [3.05, 3.63) is 89.4 Å². The largest absolute Gasteiger partial charge is 0.439 e. The fraction of sp³-hybridized carbons (Fsp3) is 0.148. The van der Waals surface area contributed by atoms with Crippen molar-refractivity contribution < 1.29 is 18.3 Å². The number of nitrogen functional groups attached to an aromatic ring is 1. The number of aromatic nitrogens is 4. The van der Waals surface area contributed by atoms with Crippen molar-refractivity contribution in [3.8, 4) is 17.3 Å². The SMILES string of the molecule is Cc1cc(Oc2ccc(F)cc2)ncc1-n1ncc(C(=O)c2cc3cc(F)c(NSC4CC4)cc3[nH]2)c1N. The zero-order valence-corrected chi connectivity index (χ0v) is 21.0. The van der Waals surface area contributed by atoms with E-state index in [2.05, 4.69) is 19.8 Å². The standard InChI is InChI=1S/C27H22F2N6O2S/c1-14-8-25(37-17-4-2-16(28)3-5-17)31-13-24(14)35-27(30)19(12-32-35)26(36)23-10-15-9-20(29)22(11-21(15)33-23)34-38-18-6-7-18/h2-5,8-13,18,33-34H,6-7,30H2,1H3. The van der Waals surface area contributed by atoms with Gasteiger partial charge in [0.2, 0.25) is 11.7 Å². The molecule has 38 heavy (non-hydrogen) atoms. The maximum Gasteiger partial charge on any atom is 0.219 e. The Hall–Kier alpha value is -4.38. The highest BCUT2D eigenvalue weighted by Crippen LogP contribution is 2.36. The van der Waals surface area contributed by atoms with Gasteiger partial charge < -0.3 is 20.2 Å². The minimum absolute atomic E-state index is 0.139. The summed E-state index contributed by atoms with van der Waals surface area (Å²) in [6.07, 6.45) is 5.18. The molecular weight excluding hydrogens is 510 g/mol. The summed E-state index contributed by atoms with van der Waals surface area (Å²) in [5.41, 5.74) is 9.13. The molecule has 1 aliphatic rings. The molecule has 0 saturated heterocycles. The quantitative estimate of drug-likeness (QED) is 0.162. The van der Waals surface area contributed by atoms with Gasteiger partial charge in [0.1, 0.15) is 23.2 Å². The van der Waals surface area contributed by atoms with Crippen LogP contribution in [-0.2, 0) is 0 Å². The second kappa shape index (κ2) is 9.49. The zero-order valence-electron chi connectivity index (χ0n) is 20.2. The summed E-state index contributed by atoms with van der Waals surface area (Å²) in [5.74, 6) is -0.212. The van der Waals surface area contributed by atoms with Gasteiger partial charge in [0.25, 0.3) is 0 Å². The smallest absolute Gasteiger partial charge is 0.219 e. The van der Waals surface area contributed by atoms with Crippen molar-refractivity contribution >= 4 is 40.1 Å². The third kappa shape index (κ3) is 4.68. The molecule has 0 aliphatic heterocycles. The number of nitrogens with one attached hydrogen (secondary N) is 2. The second-order valence-corrected chi connectivity index (χ2v) is 10.2. The van der Waals surface area contributed by atoms with Gasteiger partial charge in [-0.2, -0.15) is 5.10 Å². The van der Waals surface area contributed by atoms with E-state index in [1.54, 1.807) is 18.2 Å². The molecule has 11 heteroatoms. The van der Waals surface area contributed by atoms with Crippen molar-refractivity contribution in [3.63, 3.8) is 0 Å². The molecule has 3 heterocycles. The van der Waals surface area contributed by atoms with Gasteiger partial charge in [-0.15, -0.1) is 0 Å². The molecular formula is C27H22F2N6O2S. The number of halogens is 2. The van der Waals surface area contributed by atoms with Crippen molar-refractivity contribution in [2.24, 2.45) is 0 Å². The Morgan fingerprint density at radius 1 is 1.16 bits per heavy atom. The molecule has 1 fully saturated rings. The summed E-state index contributed by atoms with van der Waals surface area (Å²) in [6.45, 7) is 1.83. The number of pyridine rings is 1. The van der Waals surface area contributed by atoms with E-state index in [-0.39, 0.29) is 34.5 Å². The lowest BCUT2D eigenvalue weighted by Gasteiger charge is -2.10. The van der Waals surface area contributed by atoms with Crippen LogP contribution in [0.25, 0.3) is 16.6 Å². The Morgan fingerprint density at radius 3 is 2.68 bits per heavy atom. The number of ketones is 1. The minimum atomic E-state index is -0.384. The van der Waals surface area contributed by atoms with Crippen molar-refractivity contribution in [2.75, 3.05) is 10.5 Å². The van der Waals surface area contributed by atoms with Crippen LogP contribution < -0.4 is 15.2 Å². The van der Waals surface area contributed by atoms with E-state index in [9.17, 15) is 13.6 Å². The number of nitrogens with two attached hydrogens (primary N) is 1. The van der Waals surface area contributed by atoms with Gasteiger partial charge in [-0.3, -0.25) is 4.79 Å². The van der Waals surface area contributed by atoms with E-state index in [0.29, 0.717) is 39.2 Å². The Balaban J connectivity index is 1.24. The van der Waals surface area contributed by atoms with Crippen molar-refractivity contribution in [1.82, 2.24) is 19.7 Å². The first-order chi connectivity index (χ1) is 18.4. The highest BCUT2D eigenvalue weighted by molar-refractivity contribution is 8.01. The summed E-state index contributed by atoms with van der Waals surface area (Å²) >= 11 is 1.51. The number of carbonyl (C=O) groups excluding carboxylic acids is 1. The number of H-pyrrole nitrogens is 1. The predicted molar refractivity (Wildman–Crippen MR) is 143 cm³/mol. The van der Waals surface area contributed by atoms with E-state index in [4.69, 9.17) is 10.5 Å². The first kappa shape index (κ1) is 24.0. The van der Waals surface area contributed by atoms with E-state index >= 15 is 0 Å². The number of ether oxygens (including phenoxy) is 1. The number of fused-ring (bicyclic) bond motifs is 1. The van der Waals surface area contributed by atoms with Gasteiger partial charge in [0, 0.05) is 22.2 Å². The molecule has 1 aliphatic carbocycles. The number of anilines is 2. The molecule has 3 aromatic heterocycles. The predicted octanol–water partition coefficient (Wildman–Crippen LogP) is 6.16. The molecule has 1 saturated carbocycles. The molecule has 0 atom stereocenters. The number of aryl methyl sites for hydroxylation is 1. The molecule has 2 aromatic carbocycles. The van der Waals surface area contributed by atoms with Crippen LogP contribution in [0.2, 0.25) is 0 Å². The summed E-state index contributed by atoms with van der Waals surface area (Å²) in [4.78, 5) is 20.7. The average molecular weight is 533 g/mol. The van der Waals surface area contributed by atoms with Crippen LogP contribution in [0.1, 0.15) is 34.5 Å². The monoisotopic (exact) mass is 532 g/mol. The minimum Gasteiger partial charge on any atom is -0.439 e. The van der Waals surface area contributed by atoms with Gasteiger partial charge in [-0.25, -0.2) is 18.4 Å². The van der Waals surface area contributed by atoms with Crippen LogP contribution in [0.4, 0.5) is 20.3 Å². The second-order valence-electron chi connectivity index (χ2n) is 9.07. The summed E-state index contributed by atoms with van der Waals surface area (Å²) in [6, 6.07) is 12.0. The molecule has 0 amide bonds. The molecule has 6 rings (SSSR count). The Labute approximate surface area is 220 Å². The average Bonchev–Trinajstić information content (AvgIpc) is 3.52. The lowest BCUT2D eigenvalue weighted by molar-refractivity contribution is 0.103. The first-order valence-corrected chi connectivity index (χ1v) is 12.8. The lowest BCUT2D eigenvalue weighted by atomic mass is 10.1. The highest BCUT2D eigenvalue weighted by atomic mass is 32.2. The first-order valence-electron chi connectivity index (χ1n) is 11.9. The number of hydrogen-bond acceptors (Lipinski definition) is 7. The summed E-state index contributed by atoms with van der Waals surface area (Å²) in [5, 5.41) is 5.40. The number of aromatic amines is 1. The molecule has 0 bridgehead atoms. The number of hydrogen-bond donors (Lipinski definition) is 3. The molecule has 5 aromatic rings. The maximum absolute atomic E-state index is 14.5. The number of carbonyl (C=O) groups is 1. The third-order valence-electron chi connectivity index (χ3n) is 6.19. The number of benzene rings is 2. The van der Waals surface area contributed by atoms with Crippen LogP contribution >= 0.6 is 11.9 Å². The molecule has 0 unspecified atom stereocenters. The fourth-order valence-corrected chi connectivity index (χ4v) is 4.80. The van der Waals surface area contributed by atoms with Crippen LogP contribution in [-0.4, -0.2) is 30.8 Å². The normalized spacial score (nSPS) is 13.1. The van der Waals surface area contributed by atoms with Crippen molar-refractivity contribution in [1.29, 1.82) is 0 Å². The van der Waals surface area contributed by atoms with E-state index in [1.807, 2.05) is 6.92 Å². The van der Waals surface area contributed by atoms with E-state index < -0.39 is 0 Å². The zero-order chi connectivity index (χ0) is 26.4. The summed E-state index contributed by atoms with van der Waals surface area (Å²) < 4.78 is 37.9. The Bertz CT molecular complexity index is 1680. The number of rotatable bonds is 8. The molecule has 192 valence electrons. The maximum atomic E-state index is 14.5. The van der Waals surface area contributed by atoms with Crippen LogP contribution in [0.3, 0.4) is 0 Å². The van der Waals surface area contributed by atoms with Gasteiger partial charge >= 0.3 is 0 Å². The number of nitrogens with zero attached hydrogens (tertiary/aromatic N) is 3. The Kier molecular flexibility index (Phi) is 5.99.